The first-order valence-corrected chi connectivity index (χ1v) is 7.18. The molecule has 1 fully saturated rings. The maximum absolute atomic E-state index is 6.21. The zero-order chi connectivity index (χ0) is 13.0. The van der Waals surface area contributed by atoms with Crippen LogP contribution in [0.3, 0.4) is 0 Å². The quantitative estimate of drug-likeness (QED) is 0.875. The fourth-order valence-electron chi connectivity index (χ4n) is 2.50. The van der Waals surface area contributed by atoms with Gasteiger partial charge in [0, 0.05) is 17.7 Å². The Morgan fingerprint density at radius 3 is 3.00 bits per heavy atom. The Hall–Kier alpha value is -0.570. The number of nitrogens with two attached hydrogens (primary N) is 1. The molecule has 0 amide bonds. The van der Waals surface area contributed by atoms with Crippen molar-refractivity contribution in [3.05, 3.63) is 34.3 Å². The van der Waals surface area contributed by atoms with Gasteiger partial charge in [0.25, 0.3) is 0 Å². The van der Waals surface area contributed by atoms with Crippen LogP contribution in [-0.4, -0.2) is 12.7 Å². The molecule has 0 aliphatic carbocycles. The van der Waals surface area contributed by atoms with Crippen LogP contribution < -0.4 is 5.73 Å². The van der Waals surface area contributed by atoms with Gasteiger partial charge in [-0.15, -0.1) is 0 Å². The zero-order valence-corrected chi connectivity index (χ0v) is 11.7. The average Bonchev–Trinajstić information content (AvgIpc) is 2.85. The Morgan fingerprint density at radius 1 is 1.50 bits per heavy atom. The molecular weight excluding hydrogens is 246 g/mol. The highest BCUT2D eigenvalue weighted by atomic mass is 35.5. The van der Waals surface area contributed by atoms with E-state index >= 15 is 0 Å². The third kappa shape index (κ3) is 3.71. The van der Waals surface area contributed by atoms with Gasteiger partial charge in [-0.3, -0.25) is 0 Å². The summed E-state index contributed by atoms with van der Waals surface area (Å²) in [7, 11) is 0. The summed E-state index contributed by atoms with van der Waals surface area (Å²) >= 11 is 6.02. The van der Waals surface area contributed by atoms with Crippen LogP contribution >= 0.6 is 11.6 Å². The summed E-state index contributed by atoms with van der Waals surface area (Å²) < 4.78 is 5.62. The summed E-state index contributed by atoms with van der Waals surface area (Å²) in [5, 5.41) is 0.810. The van der Waals surface area contributed by atoms with Crippen molar-refractivity contribution in [3.63, 3.8) is 0 Å². The molecule has 1 aromatic rings. The first kappa shape index (κ1) is 13.9. The molecule has 1 heterocycles. The van der Waals surface area contributed by atoms with Gasteiger partial charge >= 0.3 is 0 Å². The second-order valence-corrected chi connectivity index (χ2v) is 5.59. The molecule has 2 unspecified atom stereocenters. The molecule has 0 saturated carbocycles. The van der Waals surface area contributed by atoms with E-state index in [1.54, 1.807) is 0 Å². The molecule has 1 aliphatic heterocycles. The minimum absolute atomic E-state index is 0.113. The van der Waals surface area contributed by atoms with Gasteiger partial charge in [0.05, 0.1) is 6.10 Å². The molecule has 0 aromatic heterocycles. The van der Waals surface area contributed by atoms with Crippen molar-refractivity contribution in [2.24, 2.45) is 5.73 Å². The molecular formula is C15H22ClNO. The standard InChI is InChI=1S/C15H22ClNO/c1-11-10-12(7-8-14(11)16)15(17)6-2-4-13-5-3-9-18-13/h7-8,10,13,15H,2-6,9,17H2,1H3. The largest absolute Gasteiger partial charge is 0.378 e. The maximum Gasteiger partial charge on any atom is 0.0576 e. The number of hydrogen-bond donors (Lipinski definition) is 1. The van der Waals surface area contributed by atoms with Crippen LogP contribution in [0.4, 0.5) is 0 Å². The van der Waals surface area contributed by atoms with E-state index in [-0.39, 0.29) is 6.04 Å². The molecule has 1 saturated heterocycles. The molecule has 2 nitrogen and oxygen atoms in total. The molecule has 0 radical (unpaired) electrons. The van der Waals surface area contributed by atoms with Crippen LogP contribution in [0.2, 0.25) is 5.02 Å². The maximum atomic E-state index is 6.21. The summed E-state index contributed by atoms with van der Waals surface area (Å²) in [4.78, 5) is 0. The fraction of sp³-hybridized carbons (Fsp3) is 0.600. The van der Waals surface area contributed by atoms with Gasteiger partial charge in [0.1, 0.15) is 0 Å². The smallest absolute Gasteiger partial charge is 0.0576 e. The molecule has 2 atom stereocenters. The van der Waals surface area contributed by atoms with Gasteiger partial charge in [0.15, 0.2) is 0 Å². The molecule has 2 N–H and O–H groups in total. The molecule has 18 heavy (non-hydrogen) atoms. The SMILES string of the molecule is Cc1cc(C(N)CCCC2CCCO2)ccc1Cl. The Morgan fingerprint density at radius 2 is 2.33 bits per heavy atom. The van der Waals surface area contributed by atoms with Gasteiger partial charge in [-0.05, 0) is 56.2 Å². The number of hydrogen-bond acceptors (Lipinski definition) is 2. The lowest BCUT2D eigenvalue weighted by atomic mass is 9.99. The van der Waals surface area contributed by atoms with Crippen LogP contribution in [0.25, 0.3) is 0 Å². The number of benzene rings is 1. The van der Waals surface area contributed by atoms with Gasteiger partial charge < -0.3 is 10.5 Å². The van der Waals surface area contributed by atoms with E-state index in [0.29, 0.717) is 6.10 Å². The molecule has 2 rings (SSSR count). The number of aryl methyl sites for hydroxylation is 1. The van der Waals surface area contributed by atoms with Crippen LogP contribution in [0.1, 0.15) is 49.3 Å². The van der Waals surface area contributed by atoms with E-state index in [1.165, 1.54) is 18.4 Å². The third-order valence-electron chi connectivity index (χ3n) is 3.68. The van der Waals surface area contributed by atoms with Crippen molar-refractivity contribution in [2.45, 2.75) is 51.2 Å². The zero-order valence-electron chi connectivity index (χ0n) is 11.0. The molecule has 1 aliphatic rings. The highest BCUT2D eigenvalue weighted by Crippen LogP contribution is 2.24. The summed E-state index contributed by atoms with van der Waals surface area (Å²) in [6, 6.07) is 6.18. The monoisotopic (exact) mass is 267 g/mol. The van der Waals surface area contributed by atoms with Crippen LogP contribution in [0.15, 0.2) is 18.2 Å². The molecule has 0 bridgehead atoms. The number of ether oxygens (including phenoxy) is 1. The van der Waals surface area contributed by atoms with E-state index in [0.717, 1.165) is 36.5 Å². The number of rotatable bonds is 5. The van der Waals surface area contributed by atoms with E-state index < -0.39 is 0 Å². The van der Waals surface area contributed by atoms with Gasteiger partial charge in [0.2, 0.25) is 0 Å². The second kappa shape index (κ2) is 6.55. The number of halogens is 1. The van der Waals surface area contributed by atoms with Crippen molar-refractivity contribution in [1.82, 2.24) is 0 Å². The van der Waals surface area contributed by atoms with E-state index in [2.05, 4.69) is 6.07 Å². The lowest BCUT2D eigenvalue weighted by molar-refractivity contribution is 0.101. The van der Waals surface area contributed by atoms with Gasteiger partial charge in [-0.2, -0.15) is 0 Å². The summed E-state index contributed by atoms with van der Waals surface area (Å²) in [5.41, 5.74) is 8.50. The highest BCUT2D eigenvalue weighted by molar-refractivity contribution is 6.31. The normalized spacial score (nSPS) is 21.2. The third-order valence-corrected chi connectivity index (χ3v) is 4.10. The molecule has 1 aromatic carbocycles. The lowest BCUT2D eigenvalue weighted by Gasteiger charge is -2.15. The van der Waals surface area contributed by atoms with Crippen LogP contribution in [0, 0.1) is 6.92 Å². The van der Waals surface area contributed by atoms with Crippen molar-refractivity contribution in [2.75, 3.05) is 6.61 Å². The van der Waals surface area contributed by atoms with Crippen molar-refractivity contribution >= 4 is 11.6 Å². The van der Waals surface area contributed by atoms with E-state index in [1.807, 2.05) is 19.1 Å². The summed E-state index contributed by atoms with van der Waals surface area (Å²) in [5.74, 6) is 0. The van der Waals surface area contributed by atoms with Crippen LogP contribution in [-0.2, 0) is 4.74 Å². The second-order valence-electron chi connectivity index (χ2n) is 5.18. The molecule has 100 valence electrons. The Labute approximate surface area is 114 Å². The van der Waals surface area contributed by atoms with Gasteiger partial charge in [-0.1, -0.05) is 23.7 Å². The van der Waals surface area contributed by atoms with Crippen molar-refractivity contribution in [1.29, 1.82) is 0 Å². The first-order valence-electron chi connectivity index (χ1n) is 6.80. The van der Waals surface area contributed by atoms with Crippen molar-refractivity contribution in [3.8, 4) is 0 Å². The van der Waals surface area contributed by atoms with Crippen LogP contribution in [0.5, 0.6) is 0 Å². The lowest BCUT2D eigenvalue weighted by Crippen LogP contribution is -2.12. The van der Waals surface area contributed by atoms with E-state index in [4.69, 9.17) is 22.1 Å². The predicted molar refractivity (Wildman–Crippen MR) is 75.9 cm³/mol. The van der Waals surface area contributed by atoms with Gasteiger partial charge in [-0.25, -0.2) is 0 Å². The van der Waals surface area contributed by atoms with E-state index in [9.17, 15) is 0 Å². The summed E-state index contributed by atoms with van der Waals surface area (Å²) in [6.07, 6.45) is 6.20. The first-order chi connectivity index (χ1) is 8.66. The highest BCUT2D eigenvalue weighted by Gasteiger charge is 2.15. The fourth-order valence-corrected chi connectivity index (χ4v) is 2.62. The Bertz CT molecular complexity index is 388. The summed E-state index contributed by atoms with van der Waals surface area (Å²) in [6.45, 7) is 2.96. The topological polar surface area (TPSA) is 35.2 Å². The Balaban J connectivity index is 1.79. The minimum atomic E-state index is 0.113. The minimum Gasteiger partial charge on any atom is -0.378 e. The molecule has 0 spiro atoms. The molecule has 3 heteroatoms. The predicted octanol–water partition coefficient (Wildman–Crippen LogP) is 4.00. The average molecular weight is 268 g/mol. The van der Waals surface area contributed by atoms with Crippen molar-refractivity contribution < 1.29 is 4.74 Å². The Kier molecular flexibility index (Phi) is 5.04.